The Morgan fingerprint density at radius 3 is 2.44 bits per heavy atom. The molecule has 2 fully saturated rings. The van der Waals surface area contributed by atoms with Crippen molar-refractivity contribution >= 4 is 22.9 Å². The lowest BCUT2D eigenvalue weighted by molar-refractivity contribution is 0.0779. The molecule has 10 heteroatoms. The Bertz CT molecular complexity index is 1500. The number of carbonyl (C=O) groups excluding carboxylic acids is 1. The first kappa shape index (κ1) is 28.8. The molecule has 0 saturated carbocycles. The summed E-state index contributed by atoms with van der Waals surface area (Å²) in [4.78, 5) is 33.8. The SMILES string of the molecule is COc1cc(C(=O)N2CCC(CCN3CCCN(c4nc5ccccc5[nH]4)CC3)(c3ccccn3)C2)cc(OC)c1OC. The van der Waals surface area contributed by atoms with Crippen molar-refractivity contribution in [3.8, 4) is 17.2 Å². The summed E-state index contributed by atoms with van der Waals surface area (Å²) in [7, 11) is 4.68. The van der Waals surface area contributed by atoms with E-state index in [2.05, 4.69) is 26.9 Å². The van der Waals surface area contributed by atoms with E-state index >= 15 is 0 Å². The number of nitrogens with one attached hydrogen (secondary N) is 1. The Morgan fingerprint density at radius 2 is 1.72 bits per heavy atom. The number of H-pyrrole nitrogens is 1. The monoisotopic (exact) mass is 584 g/mol. The van der Waals surface area contributed by atoms with Gasteiger partial charge in [-0.3, -0.25) is 9.78 Å². The molecule has 43 heavy (non-hydrogen) atoms. The zero-order chi connectivity index (χ0) is 29.8. The zero-order valence-corrected chi connectivity index (χ0v) is 25.2. The summed E-state index contributed by atoms with van der Waals surface area (Å²) in [5.74, 6) is 2.32. The van der Waals surface area contributed by atoms with Crippen molar-refractivity contribution in [3.63, 3.8) is 0 Å². The zero-order valence-electron chi connectivity index (χ0n) is 25.2. The first-order valence-corrected chi connectivity index (χ1v) is 15.0. The van der Waals surface area contributed by atoms with Gasteiger partial charge in [0.2, 0.25) is 11.7 Å². The van der Waals surface area contributed by atoms with E-state index in [-0.39, 0.29) is 11.3 Å². The van der Waals surface area contributed by atoms with Gasteiger partial charge in [-0.05, 0) is 68.8 Å². The van der Waals surface area contributed by atoms with Gasteiger partial charge in [-0.1, -0.05) is 18.2 Å². The molecule has 0 aliphatic carbocycles. The van der Waals surface area contributed by atoms with E-state index in [4.69, 9.17) is 24.2 Å². The van der Waals surface area contributed by atoms with Crippen molar-refractivity contribution in [2.75, 3.05) is 72.0 Å². The van der Waals surface area contributed by atoms with Crippen LogP contribution in [0.4, 0.5) is 5.95 Å². The van der Waals surface area contributed by atoms with E-state index in [0.717, 1.165) is 74.7 Å². The van der Waals surface area contributed by atoms with E-state index < -0.39 is 0 Å². The molecule has 0 spiro atoms. The molecule has 2 aliphatic heterocycles. The van der Waals surface area contributed by atoms with Crippen LogP contribution < -0.4 is 19.1 Å². The molecule has 2 aromatic carbocycles. The standard InChI is InChI=1S/C33H40N6O4/c1-41-27-21-24(22-28(42-2)30(27)43-3)31(40)39-18-13-33(23-39,29-11-6-7-14-34-29)12-17-37-15-8-16-38(20-19-37)32-35-25-9-4-5-10-26(25)36-32/h4-7,9-11,14,21-22H,8,12-13,15-20,23H2,1-3H3,(H,35,36). The Kier molecular flexibility index (Phi) is 8.38. The third kappa shape index (κ3) is 5.84. The van der Waals surface area contributed by atoms with Crippen LogP contribution in [0.5, 0.6) is 17.2 Å². The highest BCUT2D eigenvalue weighted by atomic mass is 16.5. The fourth-order valence-electron chi connectivity index (χ4n) is 6.52. The third-order valence-corrected chi connectivity index (χ3v) is 8.93. The topological polar surface area (TPSA) is 96.1 Å². The number of para-hydroxylation sites is 2. The number of hydrogen-bond acceptors (Lipinski definition) is 8. The average Bonchev–Trinajstić information content (AvgIpc) is 3.62. The van der Waals surface area contributed by atoms with Crippen LogP contribution in [0.2, 0.25) is 0 Å². The van der Waals surface area contributed by atoms with E-state index in [0.29, 0.717) is 35.9 Å². The number of carbonyl (C=O) groups is 1. The molecule has 1 atom stereocenters. The predicted molar refractivity (Wildman–Crippen MR) is 167 cm³/mol. The Balaban J connectivity index is 1.16. The summed E-state index contributed by atoms with van der Waals surface area (Å²) >= 11 is 0. The molecular weight excluding hydrogens is 544 g/mol. The second-order valence-corrected chi connectivity index (χ2v) is 11.4. The highest BCUT2D eigenvalue weighted by Gasteiger charge is 2.43. The number of rotatable bonds is 9. The van der Waals surface area contributed by atoms with E-state index in [9.17, 15) is 4.79 Å². The lowest BCUT2D eigenvalue weighted by Crippen LogP contribution is -2.39. The highest BCUT2D eigenvalue weighted by molar-refractivity contribution is 5.96. The molecule has 0 bridgehead atoms. The number of pyridine rings is 1. The number of aromatic nitrogens is 3. The summed E-state index contributed by atoms with van der Waals surface area (Å²) in [6.07, 6.45) is 4.71. The van der Waals surface area contributed by atoms with Gasteiger partial charge in [-0.15, -0.1) is 0 Å². The number of benzene rings is 2. The summed E-state index contributed by atoms with van der Waals surface area (Å²) < 4.78 is 16.5. The van der Waals surface area contributed by atoms with Gasteiger partial charge in [-0.25, -0.2) is 4.98 Å². The van der Waals surface area contributed by atoms with E-state index in [1.54, 1.807) is 33.5 Å². The maximum Gasteiger partial charge on any atom is 0.254 e. The molecule has 6 rings (SSSR count). The van der Waals surface area contributed by atoms with Crippen molar-refractivity contribution in [1.82, 2.24) is 24.8 Å². The molecule has 2 saturated heterocycles. The highest BCUT2D eigenvalue weighted by Crippen LogP contribution is 2.41. The lowest BCUT2D eigenvalue weighted by atomic mass is 9.79. The predicted octanol–water partition coefficient (Wildman–Crippen LogP) is 4.37. The minimum atomic E-state index is -0.220. The number of aromatic amines is 1. The maximum atomic E-state index is 13.8. The van der Waals surface area contributed by atoms with Gasteiger partial charge in [0.15, 0.2) is 11.5 Å². The number of ether oxygens (including phenoxy) is 3. The minimum Gasteiger partial charge on any atom is -0.493 e. The third-order valence-electron chi connectivity index (χ3n) is 8.93. The molecular formula is C33H40N6O4. The first-order chi connectivity index (χ1) is 21.0. The second kappa shape index (κ2) is 12.5. The Morgan fingerprint density at radius 1 is 0.930 bits per heavy atom. The molecule has 226 valence electrons. The molecule has 1 amide bonds. The molecule has 2 aromatic heterocycles. The molecule has 0 radical (unpaired) electrons. The van der Waals surface area contributed by atoms with Crippen LogP contribution in [0.25, 0.3) is 11.0 Å². The number of anilines is 1. The van der Waals surface area contributed by atoms with Crippen LogP contribution in [0.3, 0.4) is 0 Å². The summed E-state index contributed by atoms with van der Waals surface area (Å²) in [5.41, 5.74) is 3.42. The Labute approximate surface area is 252 Å². The summed E-state index contributed by atoms with van der Waals surface area (Å²) in [5, 5.41) is 0. The number of nitrogens with zero attached hydrogens (tertiary/aromatic N) is 5. The van der Waals surface area contributed by atoms with Crippen LogP contribution in [0, 0.1) is 0 Å². The smallest absolute Gasteiger partial charge is 0.254 e. The largest absolute Gasteiger partial charge is 0.493 e. The van der Waals surface area contributed by atoms with Gasteiger partial charge in [0.25, 0.3) is 5.91 Å². The van der Waals surface area contributed by atoms with Crippen LogP contribution in [-0.4, -0.2) is 97.8 Å². The minimum absolute atomic E-state index is 0.0479. The van der Waals surface area contributed by atoms with Gasteiger partial charge >= 0.3 is 0 Å². The number of amides is 1. The van der Waals surface area contributed by atoms with Crippen LogP contribution in [0.15, 0.2) is 60.8 Å². The molecule has 10 nitrogen and oxygen atoms in total. The van der Waals surface area contributed by atoms with Crippen LogP contribution in [0.1, 0.15) is 35.3 Å². The molecule has 4 heterocycles. The van der Waals surface area contributed by atoms with Crippen LogP contribution in [-0.2, 0) is 5.41 Å². The van der Waals surface area contributed by atoms with Gasteiger partial charge in [0, 0.05) is 55.6 Å². The van der Waals surface area contributed by atoms with Gasteiger partial charge in [0.05, 0.1) is 32.4 Å². The average molecular weight is 585 g/mol. The number of hydrogen-bond donors (Lipinski definition) is 1. The lowest BCUT2D eigenvalue weighted by Gasteiger charge is -2.32. The summed E-state index contributed by atoms with van der Waals surface area (Å²) in [6, 6.07) is 17.8. The normalized spacial score (nSPS) is 19.4. The van der Waals surface area contributed by atoms with Crippen molar-refractivity contribution < 1.29 is 19.0 Å². The van der Waals surface area contributed by atoms with Gasteiger partial charge in [-0.2, -0.15) is 0 Å². The fraction of sp³-hybridized carbons (Fsp3) is 0.424. The van der Waals surface area contributed by atoms with Crippen molar-refractivity contribution in [2.45, 2.75) is 24.7 Å². The maximum absolute atomic E-state index is 13.8. The quantitative estimate of drug-likeness (QED) is 0.310. The van der Waals surface area contributed by atoms with Crippen LogP contribution >= 0.6 is 0 Å². The van der Waals surface area contributed by atoms with E-state index in [1.165, 1.54) is 0 Å². The van der Waals surface area contributed by atoms with Gasteiger partial charge in [0.1, 0.15) is 0 Å². The molecule has 1 unspecified atom stereocenters. The van der Waals surface area contributed by atoms with Crippen molar-refractivity contribution in [2.24, 2.45) is 0 Å². The van der Waals surface area contributed by atoms with Crippen molar-refractivity contribution in [1.29, 1.82) is 0 Å². The number of methoxy groups -OCH3 is 3. The van der Waals surface area contributed by atoms with Crippen molar-refractivity contribution in [3.05, 3.63) is 72.1 Å². The molecule has 1 N–H and O–H groups in total. The summed E-state index contributed by atoms with van der Waals surface area (Å²) in [6.45, 7) is 6.09. The molecule has 4 aromatic rings. The molecule has 2 aliphatic rings. The number of fused-ring (bicyclic) bond motifs is 1. The number of imidazole rings is 1. The Hall–Kier alpha value is -4.31. The van der Waals surface area contributed by atoms with E-state index in [1.807, 2.05) is 41.4 Å². The fourth-order valence-corrected chi connectivity index (χ4v) is 6.52. The van der Waals surface area contributed by atoms with Gasteiger partial charge < -0.3 is 33.9 Å². The first-order valence-electron chi connectivity index (χ1n) is 15.0. The second-order valence-electron chi connectivity index (χ2n) is 11.4. The number of likely N-dealkylation sites (tertiary alicyclic amines) is 1.